The molecule has 0 atom stereocenters. The Hall–Kier alpha value is -0.940. The van der Waals surface area contributed by atoms with E-state index in [1.165, 1.54) is 0 Å². The minimum atomic E-state index is 0.547. The highest BCUT2D eigenvalue weighted by molar-refractivity contribution is 9.10. The number of benzene rings is 1. The Morgan fingerprint density at radius 1 is 1.12 bits per heavy atom. The van der Waals surface area contributed by atoms with Gasteiger partial charge in [-0.05, 0) is 40.2 Å². The van der Waals surface area contributed by atoms with Crippen LogP contribution >= 0.6 is 31.9 Å². The number of hydrogen-bond donors (Lipinski definition) is 0. The molecule has 0 N–H and O–H groups in total. The summed E-state index contributed by atoms with van der Waals surface area (Å²) in [6.45, 7) is 2.01. The van der Waals surface area contributed by atoms with E-state index in [1.54, 1.807) is 6.07 Å². The second-order valence-corrected chi connectivity index (χ2v) is 5.08. The molecule has 5 heteroatoms. The lowest BCUT2D eigenvalue weighted by Gasteiger charge is -2.06. The highest BCUT2D eigenvalue weighted by atomic mass is 79.9. The predicted octanol–water partition coefficient (Wildman–Crippen LogP) is 4.36. The van der Waals surface area contributed by atoms with Crippen molar-refractivity contribution in [1.29, 1.82) is 0 Å². The van der Waals surface area contributed by atoms with Gasteiger partial charge >= 0.3 is 0 Å². The first-order chi connectivity index (χ1) is 8.17. The summed E-state index contributed by atoms with van der Waals surface area (Å²) < 4.78 is 7.40. The number of ether oxygens (including phenoxy) is 1. The van der Waals surface area contributed by atoms with Gasteiger partial charge in [0.1, 0.15) is 16.2 Å². The highest BCUT2D eigenvalue weighted by Crippen LogP contribution is 2.23. The van der Waals surface area contributed by atoms with Gasteiger partial charge in [0.05, 0.1) is 0 Å². The van der Waals surface area contributed by atoms with Gasteiger partial charge in [0.25, 0.3) is 0 Å². The predicted molar refractivity (Wildman–Crippen MR) is 73.3 cm³/mol. The maximum atomic E-state index is 5.65. The first-order valence-corrected chi connectivity index (χ1v) is 6.73. The van der Waals surface area contributed by atoms with Crippen LogP contribution in [-0.4, -0.2) is 9.97 Å². The molecular formula is C12H10Br2N2O. The van der Waals surface area contributed by atoms with Crippen molar-refractivity contribution >= 4 is 31.9 Å². The van der Waals surface area contributed by atoms with Crippen LogP contribution in [0.1, 0.15) is 12.7 Å². The zero-order chi connectivity index (χ0) is 12.3. The third-order valence-corrected chi connectivity index (χ3v) is 3.00. The lowest BCUT2D eigenvalue weighted by molar-refractivity contribution is 0.458. The topological polar surface area (TPSA) is 35.0 Å². The Kier molecular flexibility index (Phi) is 4.12. The smallest absolute Gasteiger partial charge is 0.223 e. The second-order valence-electron chi connectivity index (χ2n) is 3.35. The van der Waals surface area contributed by atoms with Gasteiger partial charge in [0.15, 0.2) is 0 Å². The van der Waals surface area contributed by atoms with Crippen molar-refractivity contribution in [2.24, 2.45) is 0 Å². The van der Waals surface area contributed by atoms with Crippen LogP contribution in [-0.2, 0) is 6.42 Å². The molecule has 0 fully saturated rings. The monoisotopic (exact) mass is 356 g/mol. The third kappa shape index (κ3) is 3.51. The van der Waals surface area contributed by atoms with Crippen molar-refractivity contribution < 1.29 is 4.74 Å². The van der Waals surface area contributed by atoms with Gasteiger partial charge in [0, 0.05) is 17.0 Å². The average Bonchev–Trinajstić information content (AvgIpc) is 2.31. The van der Waals surface area contributed by atoms with E-state index in [-0.39, 0.29) is 0 Å². The third-order valence-electron chi connectivity index (χ3n) is 2.07. The van der Waals surface area contributed by atoms with Crippen molar-refractivity contribution in [3.63, 3.8) is 0 Å². The summed E-state index contributed by atoms with van der Waals surface area (Å²) in [5.41, 5.74) is 0. The molecule has 17 heavy (non-hydrogen) atoms. The maximum Gasteiger partial charge on any atom is 0.223 e. The number of nitrogens with zero attached hydrogens (tertiary/aromatic N) is 2. The molecule has 88 valence electrons. The molecule has 0 saturated heterocycles. The van der Waals surface area contributed by atoms with Crippen molar-refractivity contribution in [3.05, 3.63) is 45.2 Å². The summed E-state index contributed by atoms with van der Waals surface area (Å²) in [5, 5.41) is 0. The summed E-state index contributed by atoms with van der Waals surface area (Å²) >= 11 is 6.72. The van der Waals surface area contributed by atoms with Gasteiger partial charge in [0.2, 0.25) is 5.88 Å². The fraction of sp³-hybridized carbons (Fsp3) is 0.167. The highest BCUT2D eigenvalue weighted by Gasteiger charge is 2.03. The molecule has 1 aromatic heterocycles. The Labute approximate surface area is 117 Å². The normalized spacial score (nSPS) is 10.3. The summed E-state index contributed by atoms with van der Waals surface area (Å²) in [4.78, 5) is 8.52. The molecule has 2 rings (SSSR count). The molecule has 0 saturated carbocycles. The minimum Gasteiger partial charge on any atom is -0.439 e. The van der Waals surface area contributed by atoms with Crippen LogP contribution in [0.3, 0.4) is 0 Å². The summed E-state index contributed by atoms with van der Waals surface area (Å²) in [7, 11) is 0. The van der Waals surface area contributed by atoms with E-state index < -0.39 is 0 Å². The first kappa shape index (κ1) is 12.5. The fourth-order valence-electron chi connectivity index (χ4n) is 1.28. The zero-order valence-electron chi connectivity index (χ0n) is 9.15. The van der Waals surface area contributed by atoms with Crippen LogP contribution in [0, 0.1) is 0 Å². The molecule has 0 bridgehead atoms. The molecule has 0 aliphatic carbocycles. The largest absolute Gasteiger partial charge is 0.439 e. The number of rotatable bonds is 3. The second kappa shape index (κ2) is 5.60. The first-order valence-electron chi connectivity index (χ1n) is 5.14. The van der Waals surface area contributed by atoms with E-state index in [9.17, 15) is 0 Å². The molecule has 0 spiro atoms. The molecule has 1 aromatic carbocycles. The lowest BCUT2D eigenvalue weighted by atomic mass is 10.3. The Morgan fingerprint density at radius 3 is 2.47 bits per heavy atom. The number of aryl methyl sites for hydroxylation is 1. The summed E-state index contributed by atoms with van der Waals surface area (Å²) in [6.07, 6.45) is 0.774. The molecule has 0 unspecified atom stereocenters. The molecule has 0 radical (unpaired) electrons. The van der Waals surface area contributed by atoms with Crippen LogP contribution in [0.25, 0.3) is 0 Å². The van der Waals surface area contributed by atoms with Gasteiger partial charge in [-0.25, -0.2) is 4.98 Å². The molecular weight excluding hydrogens is 348 g/mol. The van der Waals surface area contributed by atoms with Gasteiger partial charge in [-0.2, -0.15) is 4.98 Å². The van der Waals surface area contributed by atoms with Crippen LogP contribution < -0.4 is 4.74 Å². The Balaban J connectivity index is 2.23. The van der Waals surface area contributed by atoms with Crippen LogP contribution in [0.5, 0.6) is 11.6 Å². The van der Waals surface area contributed by atoms with E-state index in [4.69, 9.17) is 4.74 Å². The van der Waals surface area contributed by atoms with Crippen LogP contribution in [0.2, 0.25) is 0 Å². The van der Waals surface area contributed by atoms with E-state index in [0.717, 1.165) is 27.1 Å². The number of hydrogen-bond acceptors (Lipinski definition) is 3. The molecule has 0 aliphatic rings. The van der Waals surface area contributed by atoms with Crippen LogP contribution in [0.4, 0.5) is 0 Å². The summed E-state index contributed by atoms with van der Waals surface area (Å²) in [5.74, 6) is 2.05. The van der Waals surface area contributed by atoms with Gasteiger partial charge in [-0.1, -0.05) is 22.9 Å². The average molecular weight is 358 g/mol. The molecule has 0 aliphatic heterocycles. The molecule has 3 nitrogen and oxygen atoms in total. The lowest BCUT2D eigenvalue weighted by Crippen LogP contribution is -1.96. The summed E-state index contributed by atoms with van der Waals surface area (Å²) in [6, 6.07) is 9.36. The van der Waals surface area contributed by atoms with Crippen molar-refractivity contribution in [3.8, 4) is 11.6 Å². The quantitative estimate of drug-likeness (QED) is 0.765. The van der Waals surface area contributed by atoms with E-state index >= 15 is 0 Å². The standard InChI is InChI=1S/C12H10Br2N2O/c1-2-11-15-10(14)7-12(16-11)17-9-5-3-8(13)4-6-9/h3-7H,2H2,1H3. The van der Waals surface area contributed by atoms with Crippen molar-refractivity contribution in [1.82, 2.24) is 9.97 Å². The maximum absolute atomic E-state index is 5.65. The van der Waals surface area contributed by atoms with Crippen molar-refractivity contribution in [2.75, 3.05) is 0 Å². The zero-order valence-corrected chi connectivity index (χ0v) is 12.3. The molecule has 2 aromatic rings. The number of halogens is 2. The number of aromatic nitrogens is 2. The van der Waals surface area contributed by atoms with Crippen LogP contribution in [0.15, 0.2) is 39.4 Å². The Morgan fingerprint density at radius 2 is 1.82 bits per heavy atom. The fourth-order valence-corrected chi connectivity index (χ4v) is 1.94. The minimum absolute atomic E-state index is 0.547. The van der Waals surface area contributed by atoms with Gasteiger partial charge < -0.3 is 4.74 Å². The van der Waals surface area contributed by atoms with E-state index in [2.05, 4.69) is 41.8 Å². The van der Waals surface area contributed by atoms with E-state index in [0.29, 0.717) is 5.88 Å². The van der Waals surface area contributed by atoms with E-state index in [1.807, 2.05) is 31.2 Å². The van der Waals surface area contributed by atoms with Crippen molar-refractivity contribution in [2.45, 2.75) is 13.3 Å². The van der Waals surface area contributed by atoms with Gasteiger partial charge in [-0.15, -0.1) is 0 Å². The SMILES string of the molecule is CCc1nc(Br)cc(Oc2ccc(Br)cc2)n1. The van der Waals surface area contributed by atoms with Gasteiger partial charge in [-0.3, -0.25) is 0 Å². The molecule has 0 amide bonds. The molecule has 1 heterocycles. The Bertz CT molecular complexity index is 514.